The molecule has 6 atom stereocenters. The molecule has 1 amide bonds. The Morgan fingerprint density at radius 1 is 1.27 bits per heavy atom. The summed E-state index contributed by atoms with van der Waals surface area (Å²) in [6, 6.07) is 10.8. The SMILES string of the molecule is CC(C)OC(=O)C(C)NP(=O)(OC[C@@]1(F)O[C@@H](N2C=C(Br)C(=O)NC2)[C@](C)(F)[C@@H]1O)Oc1ccc2ccccc2c1. The van der Waals surface area contributed by atoms with Crippen molar-refractivity contribution in [2.45, 2.75) is 63.7 Å². The van der Waals surface area contributed by atoms with Gasteiger partial charge in [-0.25, -0.2) is 13.3 Å². The third-order valence-corrected chi connectivity index (χ3v) is 8.58. The minimum Gasteiger partial charge on any atom is -0.462 e. The van der Waals surface area contributed by atoms with Crippen molar-refractivity contribution in [1.29, 1.82) is 0 Å². The van der Waals surface area contributed by atoms with Crippen molar-refractivity contribution in [3.63, 3.8) is 0 Å². The summed E-state index contributed by atoms with van der Waals surface area (Å²) >= 11 is 3.02. The van der Waals surface area contributed by atoms with Crippen molar-refractivity contribution in [3.05, 3.63) is 53.1 Å². The van der Waals surface area contributed by atoms with Gasteiger partial charge in [0.05, 0.1) is 17.3 Å². The van der Waals surface area contributed by atoms with Crippen LogP contribution in [0.1, 0.15) is 27.7 Å². The van der Waals surface area contributed by atoms with Gasteiger partial charge >= 0.3 is 13.7 Å². The molecule has 2 aliphatic heterocycles. The number of alkyl halides is 2. The van der Waals surface area contributed by atoms with Crippen LogP contribution in [-0.4, -0.2) is 71.2 Å². The van der Waals surface area contributed by atoms with Gasteiger partial charge in [-0.1, -0.05) is 30.3 Å². The van der Waals surface area contributed by atoms with Gasteiger partial charge in [-0.2, -0.15) is 5.09 Å². The molecule has 2 aromatic carbocycles. The molecule has 2 aromatic rings. The zero-order chi connectivity index (χ0) is 30.2. The Balaban J connectivity index is 1.58. The van der Waals surface area contributed by atoms with E-state index < -0.39 is 62.2 Å². The van der Waals surface area contributed by atoms with E-state index in [1.54, 1.807) is 38.1 Å². The van der Waals surface area contributed by atoms with Gasteiger partial charge in [-0.15, -0.1) is 0 Å². The Hall–Kier alpha value is -2.61. The molecule has 11 nitrogen and oxygen atoms in total. The topological polar surface area (TPSA) is 136 Å². The molecule has 0 aliphatic carbocycles. The van der Waals surface area contributed by atoms with Gasteiger partial charge in [-0.05, 0) is 66.5 Å². The zero-order valence-electron chi connectivity index (χ0n) is 22.7. The molecule has 2 heterocycles. The molecule has 15 heteroatoms. The average Bonchev–Trinajstić information content (AvgIpc) is 3.09. The van der Waals surface area contributed by atoms with Crippen molar-refractivity contribution in [2.24, 2.45) is 0 Å². The number of hydrogen-bond acceptors (Lipinski definition) is 9. The lowest BCUT2D eigenvalue weighted by atomic mass is 9.97. The summed E-state index contributed by atoms with van der Waals surface area (Å²) in [7, 11) is -4.60. The maximum Gasteiger partial charge on any atom is 0.459 e. The quantitative estimate of drug-likeness (QED) is 0.253. The molecule has 3 N–H and O–H groups in total. The van der Waals surface area contributed by atoms with Crippen LogP contribution in [0.4, 0.5) is 8.78 Å². The molecule has 1 saturated heterocycles. The second-order valence-electron chi connectivity index (χ2n) is 10.2. The number of amides is 1. The van der Waals surface area contributed by atoms with Crippen molar-refractivity contribution in [1.82, 2.24) is 15.3 Å². The summed E-state index contributed by atoms with van der Waals surface area (Å²) < 4.78 is 67.1. The number of aliphatic hydroxyl groups excluding tert-OH is 1. The number of nitrogens with one attached hydrogen (secondary N) is 2. The average molecular weight is 662 g/mol. The lowest BCUT2D eigenvalue weighted by Gasteiger charge is -2.35. The number of carbonyl (C=O) groups excluding carboxylic acids is 2. The van der Waals surface area contributed by atoms with Crippen LogP contribution >= 0.6 is 23.7 Å². The molecular weight excluding hydrogens is 631 g/mol. The summed E-state index contributed by atoms with van der Waals surface area (Å²) in [6.45, 7) is 4.05. The Labute approximate surface area is 243 Å². The molecule has 2 unspecified atom stereocenters. The third-order valence-electron chi connectivity index (χ3n) is 6.39. The third kappa shape index (κ3) is 6.90. The molecule has 224 valence electrons. The highest BCUT2D eigenvalue weighted by Crippen LogP contribution is 2.50. The molecule has 0 bridgehead atoms. The Bertz CT molecular complexity index is 1400. The van der Waals surface area contributed by atoms with E-state index in [2.05, 4.69) is 26.3 Å². The maximum absolute atomic E-state index is 16.0. The van der Waals surface area contributed by atoms with E-state index >= 15 is 8.78 Å². The van der Waals surface area contributed by atoms with Crippen LogP contribution in [0.3, 0.4) is 0 Å². The second-order valence-corrected chi connectivity index (χ2v) is 12.7. The van der Waals surface area contributed by atoms with E-state index in [0.29, 0.717) is 0 Å². The number of halogens is 3. The second kappa shape index (κ2) is 11.9. The summed E-state index contributed by atoms with van der Waals surface area (Å²) in [4.78, 5) is 25.3. The van der Waals surface area contributed by atoms with E-state index in [-0.39, 0.29) is 16.9 Å². The normalized spacial score (nSPS) is 28.7. The number of nitrogens with zero attached hydrogens (tertiary/aromatic N) is 1. The van der Waals surface area contributed by atoms with Crippen LogP contribution in [0, 0.1) is 0 Å². The summed E-state index contributed by atoms with van der Waals surface area (Å²) in [5, 5.41) is 17.1. The highest BCUT2D eigenvalue weighted by Gasteiger charge is 2.65. The number of ether oxygens (including phenoxy) is 2. The summed E-state index contributed by atoms with van der Waals surface area (Å²) in [6.07, 6.45) is -3.37. The Kier molecular flexibility index (Phi) is 9.13. The van der Waals surface area contributed by atoms with Crippen LogP contribution in [0.2, 0.25) is 0 Å². The van der Waals surface area contributed by atoms with Crippen LogP contribution in [0.5, 0.6) is 5.75 Å². The van der Waals surface area contributed by atoms with E-state index in [1.165, 1.54) is 19.2 Å². The Morgan fingerprint density at radius 2 is 1.95 bits per heavy atom. The number of aliphatic hydroxyl groups is 1. The maximum atomic E-state index is 16.0. The fraction of sp³-hybridized carbons (Fsp3) is 0.462. The van der Waals surface area contributed by atoms with Crippen LogP contribution in [0.25, 0.3) is 10.8 Å². The van der Waals surface area contributed by atoms with Gasteiger partial charge in [0.1, 0.15) is 18.4 Å². The monoisotopic (exact) mass is 661 g/mol. The zero-order valence-corrected chi connectivity index (χ0v) is 25.2. The van der Waals surface area contributed by atoms with E-state index in [0.717, 1.165) is 22.6 Å². The lowest BCUT2D eigenvalue weighted by Crippen LogP contribution is -2.53. The fourth-order valence-corrected chi connectivity index (χ4v) is 6.22. The van der Waals surface area contributed by atoms with Gasteiger partial charge < -0.3 is 29.3 Å². The first-order valence-electron chi connectivity index (χ1n) is 12.7. The van der Waals surface area contributed by atoms with Crippen LogP contribution in [-0.2, 0) is 28.2 Å². The molecular formula is C26H31BrF2N3O8P. The number of hydrogen-bond donors (Lipinski definition) is 3. The van der Waals surface area contributed by atoms with Crippen LogP contribution < -0.4 is 14.9 Å². The predicted octanol–water partition coefficient (Wildman–Crippen LogP) is 4.01. The number of rotatable bonds is 10. The van der Waals surface area contributed by atoms with Gasteiger partial charge in [0.15, 0.2) is 18.0 Å². The van der Waals surface area contributed by atoms with Crippen LogP contribution in [0.15, 0.2) is 53.1 Å². The summed E-state index contributed by atoms with van der Waals surface area (Å²) in [5.74, 6) is -4.39. The number of esters is 1. The first kappa shape index (κ1) is 31.3. The number of fused-ring (bicyclic) bond motifs is 1. The van der Waals surface area contributed by atoms with E-state index in [9.17, 15) is 19.3 Å². The predicted molar refractivity (Wildman–Crippen MR) is 148 cm³/mol. The molecule has 0 spiro atoms. The summed E-state index contributed by atoms with van der Waals surface area (Å²) in [5.41, 5.74) is -2.70. The number of carbonyl (C=O) groups is 2. The minimum atomic E-state index is -4.60. The van der Waals surface area contributed by atoms with Gasteiger partial charge in [0, 0.05) is 6.20 Å². The first-order valence-corrected chi connectivity index (χ1v) is 15.0. The minimum absolute atomic E-state index is 0.0324. The lowest BCUT2D eigenvalue weighted by molar-refractivity contribution is -0.209. The fourth-order valence-electron chi connectivity index (χ4n) is 4.32. The molecule has 4 rings (SSSR count). The van der Waals surface area contributed by atoms with Gasteiger partial charge in [0.2, 0.25) is 0 Å². The highest BCUT2D eigenvalue weighted by molar-refractivity contribution is 9.12. The van der Waals surface area contributed by atoms with E-state index in [1.807, 2.05) is 12.1 Å². The molecule has 0 radical (unpaired) electrons. The van der Waals surface area contributed by atoms with Crippen molar-refractivity contribution < 1.29 is 46.6 Å². The van der Waals surface area contributed by atoms with Crippen molar-refractivity contribution >= 4 is 46.3 Å². The Morgan fingerprint density at radius 3 is 2.61 bits per heavy atom. The van der Waals surface area contributed by atoms with Crippen molar-refractivity contribution in [3.8, 4) is 5.75 Å². The van der Waals surface area contributed by atoms with Crippen molar-refractivity contribution in [2.75, 3.05) is 13.3 Å². The molecule has 0 aromatic heterocycles. The first-order chi connectivity index (χ1) is 19.1. The van der Waals surface area contributed by atoms with E-state index in [4.69, 9.17) is 18.5 Å². The van der Waals surface area contributed by atoms with Gasteiger partial charge in [0.25, 0.3) is 11.8 Å². The molecule has 2 aliphatic rings. The highest BCUT2D eigenvalue weighted by atomic mass is 79.9. The largest absolute Gasteiger partial charge is 0.462 e. The van der Waals surface area contributed by atoms with Gasteiger partial charge in [-0.3, -0.25) is 14.1 Å². The standard InChI is InChI=1S/C26H31BrF2N3O8P/c1-15(2)38-22(34)16(3)31-41(36,40-19-10-9-17-7-5-6-8-18(17)11-19)37-13-26(29)23(35)25(4,28)24(39-26)32-12-20(27)21(33)30-14-32/h5-12,15-16,23-24,35H,13-14H2,1-4H3,(H,30,33)(H,31,36)/t16?,23-,24+,25+,26+,41?/m0/s1. The smallest absolute Gasteiger partial charge is 0.459 e. The molecule has 0 saturated carbocycles. The molecule has 1 fully saturated rings. The molecule has 41 heavy (non-hydrogen) atoms. The number of benzene rings is 2.